The minimum atomic E-state index is -0.00695. The van der Waals surface area contributed by atoms with Gasteiger partial charge in [0.05, 0.1) is 11.1 Å². The van der Waals surface area contributed by atoms with Gasteiger partial charge in [-0.2, -0.15) is 0 Å². The normalized spacial score (nSPS) is 12.0. The molecule has 0 spiro atoms. The average Bonchev–Trinajstić information content (AvgIpc) is 3.45. The second kappa shape index (κ2) is 14.1. The molecule has 2 nitrogen and oxygen atoms in total. The SMILES string of the molecule is Cc1cc(C(C)(C)C)cc(C)c1C(=O)c1c(Br)cc(-c2ccc(-c3cc(Br)c(C(=O)c4c(C)cc(C(C)(C)C)cc4C)c(Br)c3)s2)cc1Br. The molecule has 49 heavy (non-hydrogen) atoms. The van der Waals surface area contributed by atoms with Crippen LogP contribution in [0.1, 0.15) is 107 Å². The van der Waals surface area contributed by atoms with Crippen molar-refractivity contribution in [1.82, 2.24) is 0 Å². The van der Waals surface area contributed by atoms with Crippen LogP contribution in [0.25, 0.3) is 20.9 Å². The summed E-state index contributed by atoms with van der Waals surface area (Å²) in [5.74, 6) is -0.0139. The van der Waals surface area contributed by atoms with E-state index in [4.69, 9.17) is 0 Å². The largest absolute Gasteiger partial charge is 0.289 e. The summed E-state index contributed by atoms with van der Waals surface area (Å²) in [5.41, 5.74) is 11.1. The quantitative estimate of drug-likeness (QED) is 0.159. The first-order chi connectivity index (χ1) is 22.7. The minimum absolute atomic E-state index is 0.00225. The molecule has 0 aliphatic rings. The Morgan fingerprint density at radius 1 is 0.469 bits per heavy atom. The van der Waals surface area contributed by atoms with E-state index in [0.29, 0.717) is 11.1 Å². The lowest BCUT2D eigenvalue weighted by atomic mass is 9.82. The molecule has 0 N–H and O–H groups in total. The zero-order valence-corrected chi connectivity index (χ0v) is 36.7. The summed E-state index contributed by atoms with van der Waals surface area (Å²) < 4.78 is 2.96. The molecule has 0 atom stereocenters. The van der Waals surface area contributed by atoms with Crippen molar-refractivity contribution in [3.63, 3.8) is 0 Å². The minimum Gasteiger partial charge on any atom is -0.289 e. The van der Waals surface area contributed by atoms with Crippen molar-refractivity contribution in [2.45, 2.75) is 80.1 Å². The smallest absolute Gasteiger partial charge is 0.195 e. The van der Waals surface area contributed by atoms with Gasteiger partial charge in [-0.25, -0.2) is 0 Å². The van der Waals surface area contributed by atoms with Crippen molar-refractivity contribution in [2.24, 2.45) is 0 Å². The molecule has 0 aliphatic carbocycles. The van der Waals surface area contributed by atoms with Crippen molar-refractivity contribution in [3.05, 3.63) is 134 Å². The van der Waals surface area contributed by atoms with Gasteiger partial charge in [0, 0.05) is 38.8 Å². The Balaban J connectivity index is 1.45. The summed E-state index contributed by atoms with van der Waals surface area (Å²) in [7, 11) is 0. The van der Waals surface area contributed by atoms with Gasteiger partial charge in [-0.15, -0.1) is 11.3 Å². The van der Waals surface area contributed by atoms with E-state index < -0.39 is 0 Å². The third-order valence-corrected chi connectivity index (χ3v) is 12.6. The molecule has 1 heterocycles. The Morgan fingerprint density at radius 2 is 0.735 bits per heavy atom. The number of rotatable bonds is 6. The second-order valence-electron chi connectivity index (χ2n) is 14.9. The molecule has 0 fully saturated rings. The average molecular weight is 928 g/mol. The van der Waals surface area contributed by atoms with Crippen LogP contribution in [0.4, 0.5) is 0 Å². The second-order valence-corrected chi connectivity index (χ2v) is 19.4. The standard InChI is InChI=1S/C42H40Br4O2S/c1-21-13-27(41(5,6)7)14-22(2)35(21)39(47)37-29(43)17-25(18-30(37)44)33-11-12-34(49-33)26-19-31(45)38(32(46)20-26)40(48)36-23(3)15-28(16-24(36)4)42(8,9)10/h11-20H,1-10H3. The number of hydrogen-bond acceptors (Lipinski definition) is 3. The molecule has 254 valence electrons. The Bertz CT molecular complexity index is 1910. The summed E-state index contributed by atoms with van der Waals surface area (Å²) in [4.78, 5) is 30.0. The van der Waals surface area contributed by atoms with Gasteiger partial charge in [-0.1, -0.05) is 65.8 Å². The third kappa shape index (κ3) is 7.72. The van der Waals surface area contributed by atoms with Crippen LogP contribution < -0.4 is 0 Å². The molecule has 0 saturated heterocycles. The van der Waals surface area contributed by atoms with Gasteiger partial charge in [0.1, 0.15) is 0 Å². The number of hydrogen-bond donors (Lipinski definition) is 0. The van der Waals surface area contributed by atoms with E-state index >= 15 is 0 Å². The molecule has 0 amide bonds. The van der Waals surface area contributed by atoms with Gasteiger partial charge in [-0.05, 0) is 183 Å². The Labute approximate surface area is 328 Å². The lowest BCUT2D eigenvalue weighted by molar-refractivity contribution is 0.102. The Hall–Kier alpha value is -2.16. The zero-order chi connectivity index (χ0) is 36.3. The molecule has 0 radical (unpaired) electrons. The van der Waals surface area contributed by atoms with Gasteiger partial charge in [0.25, 0.3) is 0 Å². The molecule has 4 aromatic carbocycles. The fourth-order valence-electron chi connectivity index (χ4n) is 6.27. The van der Waals surface area contributed by atoms with Crippen LogP contribution in [0, 0.1) is 27.7 Å². The number of benzene rings is 4. The summed E-state index contributed by atoms with van der Waals surface area (Å²) in [6.45, 7) is 21.2. The van der Waals surface area contributed by atoms with E-state index in [0.717, 1.165) is 72.2 Å². The fraction of sp³-hybridized carbons (Fsp3) is 0.286. The van der Waals surface area contributed by atoms with Crippen molar-refractivity contribution < 1.29 is 9.59 Å². The molecular weight excluding hydrogens is 888 g/mol. The van der Waals surface area contributed by atoms with Crippen molar-refractivity contribution in [3.8, 4) is 20.9 Å². The first kappa shape index (κ1) is 38.1. The number of ketones is 2. The van der Waals surface area contributed by atoms with Crippen LogP contribution in [-0.2, 0) is 10.8 Å². The fourth-order valence-corrected chi connectivity index (χ4v) is 10.3. The maximum Gasteiger partial charge on any atom is 0.195 e. The zero-order valence-electron chi connectivity index (χ0n) is 29.5. The van der Waals surface area contributed by atoms with Crippen LogP contribution >= 0.6 is 75.1 Å². The van der Waals surface area contributed by atoms with Gasteiger partial charge in [0.2, 0.25) is 0 Å². The molecule has 5 aromatic rings. The molecular formula is C42H40Br4O2S. The summed E-state index contributed by atoms with van der Waals surface area (Å²) in [5, 5.41) is 0. The maximum atomic E-state index is 14.0. The highest BCUT2D eigenvalue weighted by atomic mass is 79.9. The van der Waals surface area contributed by atoms with Gasteiger partial charge in [0.15, 0.2) is 11.6 Å². The Morgan fingerprint density at radius 3 is 0.980 bits per heavy atom. The summed E-state index contributed by atoms with van der Waals surface area (Å²) in [6.07, 6.45) is 0. The molecule has 5 rings (SSSR count). The van der Waals surface area contributed by atoms with Crippen LogP contribution in [-0.4, -0.2) is 11.6 Å². The first-order valence-corrected chi connectivity index (χ1v) is 20.1. The van der Waals surface area contributed by atoms with E-state index in [2.05, 4.69) is 142 Å². The number of halogens is 4. The number of thiophene rings is 1. The van der Waals surface area contributed by atoms with E-state index in [-0.39, 0.29) is 22.4 Å². The molecule has 0 bridgehead atoms. The first-order valence-electron chi connectivity index (χ1n) is 16.1. The molecule has 1 aromatic heterocycles. The monoisotopic (exact) mass is 924 g/mol. The summed E-state index contributed by atoms with van der Waals surface area (Å²) >= 11 is 16.6. The van der Waals surface area contributed by atoms with Crippen LogP contribution in [0.5, 0.6) is 0 Å². The molecule has 0 aliphatic heterocycles. The topological polar surface area (TPSA) is 34.1 Å². The summed E-state index contributed by atoms with van der Waals surface area (Å²) in [6, 6.07) is 20.8. The van der Waals surface area contributed by atoms with Gasteiger partial charge < -0.3 is 0 Å². The molecule has 0 unspecified atom stereocenters. The number of carbonyl (C=O) groups excluding carboxylic acids is 2. The van der Waals surface area contributed by atoms with Crippen LogP contribution in [0.15, 0.2) is 78.6 Å². The third-order valence-electron chi connectivity index (χ3n) is 8.96. The molecule has 0 saturated carbocycles. The van der Waals surface area contributed by atoms with Crippen molar-refractivity contribution >= 4 is 86.6 Å². The van der Waals surface area contributed by atoms with E-state index in [1.54, 1.807) is 11.3 Å². The van der Waals surface area contributed by atoms with E-state index in [9.17, 15) is 9.59 Å². The lowest BCUT2D eigenvalue weighted by Gasteiger charge is -2.22. The predicted octanol–water partition coefficient (Wildman–Crippen LogP) is 14.4. The molecule has 7 heteroatoms. The van der Waals surface area contributed by atoms with Crippen molar-refractivity contribution in [2.75, 3.05) is 0 Å². The lowest BCUT2D eigenvalue weighted by Crippen LogP contribution is -2.15. The van der Waals surface area contributed by atoms with Crippen molar-refractivity contribution in [1.29, 1.82) is 0 Å². The Kier molecular flexibility index (Phi) is 11.0. The highest BCUT2D eigenvalue weighted by Crippen LogP contribution is 2.42. The van der Waals surface area contributed by atoms with Gasteiger partial charge in [-0.3, -0.25) is 9.59 Å². The predicted molar refractivity (Wildman–Crippen MR) is 222 cm³/mol. The number of carbonyl (C=O) groups is 2. The van der Waals surface area contributed by atoms with E-state index in [1.165, 1.54) is 11.1 Å². The highest BCUT2D eigenvalue weighted by molar-refractivity contribution is 9.11. The maximum absolute atomic E-state index is 14.0. The van der Waals surface area contributed by atoms with E-state index in [1.807, 2.05) is 52.0 Å². The highest BCUT2D eigenvalue weighted by Gasteiger charge is 2.26. The van der Waals surface area contributed by atoms with Crippen LogP contribution in [0.2, 0.25) is 0 Å². The van der Waals surface area contributed by atoms with Gasteiger partial charge >= 0.3 is 0 Å². The number of aryl methyl sites for hydroxylation is 4. The van der Waals surface area contributed by atoms with Crippen LogP contribution in [0.3, 0.4) is 0 Å².